The number of carbonyl (C=O) groups is 1. The Morgan fingerprint density at radius 1 is 1.04 bits per heavy atom. The molecule has 5 heteroatoms. The van der Waals surface area contributed by atoms with Crippen LogP contribution in [0.3, 0.4) is 0 Å². The normalized spacial score (nSPS) is 12.6. The Bertz CT molecular complexity index is 668. The molecular weight excluding hydrogens is 292 g/mol. The molecule has 0 fully saturated rings. The Balaban J connectivity index is 2.07. The van der Waals surface area contributed by atoms with Crippen LogP contribution in [0.15, 0.2) is 60.7 Å². The lowest BCUT2D eigenvalue weighted by molar-refractivity contribution is 0.0628. The molecule has 0 N–H and O–H groups in total. The molecule has 0 saturated carbocycles. The zero-order chi connectivity index (χ0) is 16.7. The molecule has 0 heterocycles. The molecule has 2 atom stereocenters. The van der Waals surface area contributed by atoms with Gasteiger partial charge in [0, 0.05) is 5.69 Å². The van der Waals surface area contributed by atoms with Gasteiger partial charge in [-0.2, -0.15) is 5.26 Å². The van der Waals surface area contributed by atoms with Crippen LogP contribution in [0.25, 0.3) is 0 Å². The maximum absolute atomic E-state index is 11.9. The zero-order valence-electron chi connectivity index (χ0n) is 13.0. The van der Waals surface area contributed by atoms with E-state index in [0.29, 0.717) is 5.75 Å². The standard InChI is InChI=1S/C18H18N2O3/c1-14(13-19)20(16-9-5-3-6-10-16)15(2)22-18(21)23-17-11-7-4-8-12-17/h3-12,14-15H,1-2H3. The lowest BCUT2D eigenvalue weighted by Gasteiger charge is -2.32. The van der Waals surface area contributed by atoms with Crippen LogP contribution in [0, 0.1) is 11.3 Å². The number of para-hydroxylation sites is 2. The highest BCUT2D eigenvalue weighted by Crippen LogP contribution is 2.21. The predicted octanol–water partition coefficient (Wildman–Crippen LogP) is 3.97. The van der Waals surface area contributed by atoms with Crippen molar-refractivity contribution in [2.45, 2.75) is 26.1 Å². The first-order valence-electron chi connectivity index (χ1n) is 7.28. The van der Waals surface area contributed by atoms with Crippen molar-refractivity contribution < 1.29 is 14.3 Å². The minimum atomic E-state index is -0.810. The van der Waals surface area contributed by atoms with Gasteiger partial charge in [0.2, 0.25) is 0 Å². The van der Waals surface area contributed by atoms with Crippen molar-refractivity contribution in [3.63, 3.8) is 0 Å². The second-order valence-corrected chi connectivity index (χ2v) is 4.93. The summed E-state index contributed by atoms with van der Waals surface area (Å²) in [6, 6.07) is 19.7. The highest BCUT2D eigenvalue weighted by molar-refractivity contribution is 5.64. The molecule has 0 radical (unpaired) electrons. The first kappa shape index (κ1) is 16.4. The number of ether oxygens (including phenoxy) is 2. The molecule has 0 amide bonds. The fourth-order valence-corrected chi connectivity index (χ4v) is 2.22. The molecule has 2 aromatic rings. The number of nitrogens with zero attached hydrogens (tertiary/aromatic N) is 2. The minimum absolute atomic E-state index is 0.407. The van der Waals surface area contributed by atoms with Gasteiger partial charge in [-0.25, -0.2) is 4.79 Å². The van der Waals surface area contributed by atoms with Gasteiger partial charge in [-0.1, -0.05) is 36.4 Å². The molecule has 0 aliphatic rings. The number of hydrogen-bond donors (Lipinski definition) is 0. The topological polar surface area (TPSA) is 62.6 Å². The second kappa shape index (κ2) is 7.85. The van der Waals surface area contributed by atoms with Crippen LogP contribution < -0.4 is 9.64 Å². The summed E-state index contributed by atoms with van der Waals surface area (Å²) in [5.74, 6) is 0.407. The molecule has 2 aromatic carbocycles. The van der Waals surface area contributed by atoms with Gasteiger partial charge in [-0.3, -0.25) is 0 Å². The van der Waals surface area contributed by atoms with Gasteiger partial charge in [-0.05, 0) is 38.1 Å². The maximum atomic E-state index is 11.9. The van der Waals surface area contributed by atoms with E-state index in [1.165, 1.54) is 0 Å². The number of rotatable bonds is 5. The van der Waals surface area contributed by atoms with Gasteiger partial charge in [0.25, 0.3) is 0 Å². The highest BCUT2D eigenvalue weighted by atomic mass is 16.7. The average molecular weight is 310 g/mol. The number of benzene rings is 2. The Kier molecular flexibility index (Phi) is 5.59. The quantitative estimate of drug-likeness (QED) is 0.475. The van der Waals surface area contributed by atoms with Crippen molar-refractivity contribution in [3.8, 4) is 11.8 Å². The summed E-state index contributed by atoms with van der Waals surface area (Å²) < 4.78 is 10.4. The molecular formula is C18H18N2O3. The fraction of sp³-hybridized carbons (Fsp3) is 0.222. The Labute approximate surface area is 135 Å². The van der Waals surface area contributed by atoms with E-state index in [1.54, 1.807) is 43.0 Å². The summed E-state index contributed by atoms with van der Waals surface area (Å²) in [6.07, 6.45) is -1.46. The molecule has 118 valence electrons. The third-order valence-electron chi connectivity index (χ3n) is 3.26. The summed E-state index contributed by atoms with van der Waals surface area (Å²) in [5, 5.41) is 9.22. The summed E-state index contributed by atoms with van der Waals surface area (Å²) in [7, 11) is 0. The zero-order valence-corrected chi connectivity index (χ0v) is 13.0. The van der Waals surface area contributed by atoms with Crippen molar-refractivity contribution in [2.24, 2.45) is 0 Å². The van der Waals surface area contributed by atoms with Gasteiger partial charge < -0.3 is 14.4 Å². The molecule has 0 aromatic heterocycles. The number of carbonyl (C=O) groups excluding carboxylic acids is 1. The summed E-state index contributed by atoms with van der Waals surface area (Å²) in [4.78, 5) is 13.6. The minimum Gasteiger partial charge on any atom is -0.410 e. The average Bonchev–Trinajstić information content (AvgIpc) is 2.56. The molecule has 0 spiro atoms. The SMILES string of the molecule is CC(C#N)N(c1ccccc1)C(C)OC(=O)Oc1ccccc1. The molecule has 0 bridgehead atoms. The van der Waals surface area contributed by atoms with E-state index in [1.807, 2.05) is 36.4 Å². The smallest absolute Gasteiger partial charge is 0.410 e. The van der Waals surface area contributed by atoms with Crippen LogP contribution in [0.1, 0.15) is 13.8 Å². The molecule has 0 aliphatic heterocycles. The third kappa shape index (κ3) is 4.48. The van der Waals surface area contributed by atoms with Crippen LogP contribution in [0.4, 0.5) is 10.5 Å². The third-order valence-corrected chi connectivity index (χ3v) is 3.26. The lowest BCUT2D eigenvalue weighted by atomic mass is 10.2. The molecule has 2 unspecified atom stereocenters. The number of anilines is 1. The predicted molar refractivity (Wildman–Crippen MR) is 87.0 cm³/mol. The first-order chi connectivity index (χ1) is 11.1. The molecule has 0 saturated heterocycles. The van der Waals surface area contributed by atoms with Gasteiger partial charge in [0.1, 0.15) is 11.8 Å². The van der Waals surface area contributed by atoms with Crippen molar-refractivity contribution >= 4 is 11.8 Å². The maximum Gasteiger partial charge on any atom is 0.515 e. The van der Waals surface area contributed by atoms with E-state index in [2.05, 4.69) is 6.07 Å². The Morgan fingerprint density at radius 2 is 1.61 bits per heavy atom. The van der Waals surface area contributed by atoms with Crippen molar-refractivity contribution in [3.05, 3.63) is 60.7 Å². The number of hydrogen-bond acceptors (Lipinski definition) is 5. The van der Waals surface area contributed by atoms with Gasteiger partial charge in [-0.15, -0.1) is 0 Å². The largest absolute Gasteiger partial charge is 0.515 e. The highest BCUT2D eigenvalue weighted by Gasteiger charge is 2.24. The van der Waals surface area contributed by atoms with Crippen LogP contribution in [0.5, 0.6) is 5.75 Å². The van der Waals surface area contributed by atoms with Gasteiger partial charge in [0.15, 0.2) is 6.23 Å². The van der Waals surface area contributed by atoms with Crippen LogP contribution in [-0.2, 0) is 4.74 Å². The van der Waals surface area contributed by atoms with Crippen LogP contribution in [-0.4, -0.2) is 18.4 Å². The lowest BCUT2D eigenvalue weighted by Crippen LogP contribution is -2.42. The number of nitriles is 1. The molecule has 2 rings (SSSR count). The molecule has 5 nitrogen and oxygen atoms in total. The van der Waals surface area contributed by atoms with E-state index < -0.39 is 18.4 Å². The first-order valence-corrected chi connectivity index (χ1v) is 7.28. The van der Waals surface area contributed by atoms with Crippen molar-refractivity contribution in [1.82, 2.24) is 0 Å². The fourth-order valence-electron chi connectivity index (χ4n) is 2.22. The second-order valence-electron chi connectivity index (χ2n) is 4.93. The van der Waals surface area contributed by atoms with E-state index in [4.69, 9.17) is 9.47 Å². The summed E-state index contributed by atoms with van der Waals surface area (Å²) in [5.41, 5.74) is 0.793. The van der Waals surface area contributed by atoms with E-state index in [-0.39, 0.29) is 0 Å². The Morgan fingerprint density at radius 3 is 2.17 bits per heavy atom. The van der Waals surface area contributed by atoms with Crippen LogP contribution in [0.2, 0.25) is 0 Å². The van der Waals surface area contributed by atoms with Crippen LogP contribution >= 0.6 is 0 Å². The molecule has 0 aliphatic carbocycles. The summed E-state index contributed by atoms with van der Waals surface area (Å²) in [6.45, 7) is 3.45. The van der Waals surface area contributed by atoms with Crippen molar-refractivity contribution in [1.29, 1.82) is 5.26 Å². The van der Waals surface area contributed by atoms with Gasteiger partial charge >= 0.3 is 6.16 Å². The van der Waals surface area contributed by atoms with Crippen molar-refractivity contribution in [2.75, 3.05) is 4.90 Å². The molecule has 23 heavy (non-hydrogen) atoms. The monoisotopic (exact) mass is 310 g/mol. The van der Waals surface area contributed by atoms with Gasteiger partial charge in [0.05, 0.1) is 6.07 Å². The summed E-state index contributed by atoms with van der Waals surface area (Å²) >= 11 is 0. The van der Waals surface area contributed by atoms with E-state index >= 15 is 0 Å². The van der Waals surface area contributed by atoms with E-state index in [9.17, 15) is 10.1 Å². The Hall–Kier alpha value is -3.00. The van der Waals surface area contributed by atoms with E-state index in [0.717, 1.165) is 5.69 Å².